The lowest BCUT2D eigenvalue weighted by Gasteiger charge is -2.25. The molecule has 1 aliphatic rings. The molecule has 4 nitrogen and oxygen atoms in total. The molecule has 3 heterocycles. The van der Waals surface area contributed by atoms with Crippen LogP contribution in [-0.2, 0) is 6.54 Å². The fraction of sp³-hybridized carbons (Fsp3) is 0.263. The van der Waals surface area contributed by atoms with Gasteiger partial charge in [-0.25, -0.2) is 9.37 Å². The molecule has 0 amide bonds. The second kappa shape index (κ2) is 6.54. The van der Waals surface area contributed by atoms with Crippen LogP contribution < -0.4 is 5.56 Å². The first kappa shape index (κ1) is 16.2. The minimum absolute atomic E-state index is 0.0658. The van der Waals surface area contributed by atoms with Crippen LogP contribution in [0.25, 0.3) is 15.8 Å². The minimum Gasteiger partial charge on any atom is -0.309 e. The predicted molar refractivity (Wildman–Crippen MR) is 99.2 cm³/mol. The number of H-pyrrole nitrogens is 1. The van der Waals surface area contributed by atoms with Gasteiger partial charge in [-0.15, -0.1) is 11.3 Å². The van der Waals surface area contributed by atoms with Crippen LogP contribution in [0, 0.1) is 12.7 Å². The van der Waals surface area contributed by atoms with Crippen molar-refractivity contribution in [3.8, 4) is 0 Å². The fourth-order valence-corrected chi connectivity index (χ4v) is 4.06. The summed E-state index contributed by atoms with van der Waals surface area (Å²) in [4.78, 5) is 23.8. The molecule has 0 unspecified atom stereocenters. The number of benzene rings is 1. The van der Waals surface area contributed by atoms with Crippen LogP contribution in [0.4, 0.5) is 4.39 Å². The first-order valence-corrected chi connectivity index (χ1v) is 9.07. The Kier molecular flexibility index (Phi) is 4.23. The van der Waals surface area contributed by atoms with E-state index in [4.69, 9.17) is 0 Å². The van der Waals surface area contributed by atoms with Crippen LogP contribution in [0.1, 0.15) is 22.7 Å². The summed E-state index contributed by atoms with van der Waals surface area (Å²) >= 11 is 1.55. The van der Waals surface area contributed by atoms with E-state index in [2.05, 4.69) is 20.9 Å². The van der Waals surface area contributed by atoms with Gasteiger partial charge in [0.1, 0.15) is 16.5 Å². The number of rotatable bonds is 3. The summed E-state index contributed by atoms with van der Waals surface area (Å²) in [5, 5.41) is 0.670. The molecule has 1 N–H and O–H groups in total. The monoisotopic (exact) mass is 355 g/mol. The van der Waals surface area contributed by atoms with Crippen molar-refractivity contribution in [3.63, 3.8) is 0 Å². The van der Waals surface area contributed by atoms with Gasteiger partial charge in [0.25, 0.3) is 5.56 Å². The molecule has 1 aliphatic heterocycles. The van der Waals surface area contributed by atoms with Crippen LogP contribution in [0.5, 0.6) is 0 Å². The maximum Gasteiger partial charge on any atom is 0.259 e. The third-order valence-corrected chi connectivity index (χ3v) is 5.40. The largest absolute Gasteiger partial charge is 0.309 e. The van der Waals surface area contributed by atoms with E-state index in [9.17, 15) is 9.18 Å². The molecule has 0 saturated heterocycles. The molecule has 0 fully saturated rings. The number of aryl methyl sites for hydroxylation is 1. The predicted octanol–water partition coefficient (Wildman–Crippen LogP) is 3.72. The van der Waals surface area contributed by atoms with Gasteiger partial charge in [0.15, 0.2) is 0 Å². The molecule has 0 radical (unpaired) electrons. The van der Waals surface area contributed by atoms with Gasteiger partial charge in [0, 0.05) is 18.0 Å². The molecule has 128 valence electrons. The van der Waals surface area contributed by atoms with Crippen molar-refractivity contribution in [2.75, 3.05) is 13.1 Å². The second-order valence-corrected chi connectivity index (χ2v) is 7.54. The lowest BCUT2D eigenvalue weighted by molar-refractivity contribution is 0.286. The van der Waals surface area contributed by atoms with Gasteiger partial charge >= 0.3 is 0 Å². The van der Waals surface area contributed by atoms with Gasteiger partial charge in [-0.05, 0) is 42.7 Å². The lowest BCUT2D eigenvalue weighted by Crippen LogP contribution is -2.29. The summed E-state index contributed by atoms with van der Waals surface area (Å²) in [6.07, 6.45) is 3.07. The maximum absolute atomic E-state index is 13.0. The van der Waals surface area contributed by atoms with E-state index in [0.717, 1.165) is 34.8 Å². The normalized spacial score (nSPS) is 15.5. The Bertz CT molecular complexity index is 1000. The van der Waals surface area contributed by atoms with Crippen LogP contribution in [0.2, 0.25) is 0 Å². The molecule has 1 aromatic carbocycles. The van der Waals surface area contributed by atoms with Crippen molar-refractivity contribution in [3.05, 3.63) is 68.8 Å². The maximum atomic E-state index is 13.0. The summed E-state index contributed by atoms with van der Waals surface area (Å²) in [5.41, 5.74) is 2.24. The number of hydrogen-bond donors (Lipinski definition) is 1. The van der Waals surface area contributed by atoms with Crippen molar-refractivity contribution in [1.29, 1.82) is 0 Å². The summed E-state index contributed by atoms with van der Waals surface area (Å²) in [6.45, 7) is 4.28. The highest BCUT2D eigenvalue weighted by atomic mass is 32.1. The zero-order valence-corrected chi connectivity index (χ0v) is 14.7. The number of aromatic amines is 1. The molecular weight excluding hydrogens is 337 g/mol. The standard InChI is InChI=1S/C19H18FN3OS/c1-12-10-16-18(24)21-17(22-19(16)25-12)11-23-8-6-14(7-9-23)13-2-4-15(20)5-3-13/h2-6,10H,7-9,11H2,1H3,(H,21,22,24). The molecule has 0 spiro atoms. The summed E-state index contributed by atoms with van der Waals surface area (Å²) < 4.78 is 13.0. The molecule has 0 bridgehead atoms. The third kappa shape index (κ3) is 3.41. The van der Waals surface area contributed by atoms with E-state index in [1.54, 1.807) is 11.3 Å². The number of thiophene rings is 1. The Balaban J connectivity index is 1.49. The molecule has 0 saturated carbocycles. The molecule has 6 heteroatoms. The van der Waals surface area contributed by atoms with Crippen LogP contribution in [-0.4, -0.2) is 28.0 Å². The van der Waals surface area contributed by atoms with Crippen molar-refractivity contribution in [2.45, 2.75) is 19.9 Å². The van der Waals surface area contributed by atoms with Crippen molar-refractivity contribution in [2.24, 2.45) is 0 Å². The Morgan fingerprint density at radius 1 is 1.32 bits per heavy atom. The summed E-state index contributed by atoms with van der Waals surface area (Å²) in [7, 11) is 0. The highest BCUT2D eigenvalue weighted by Gasteiger charge is 2.15. The Morgan fingerprint density at radius 2 is 2.12 bits per heavy atom. The van der Waals surface area contributed by atoms with E-state index in [0.29, 0.717) is 17.8 Å². The average Bonchev–Trinajstić information content (AvgIpc) is 2.97. The van der Waals surface area contributed by atoms with Crippen LogP contribution >= 0.6 is 11.3 Å². The second-order valence-electron chi connectivity index (χ2n) is 6.31. The Morgan fingerprint density at radius 3 is 2.84 bits per heavy atom. The van der Waals surface area contributed by atoms with Gasteiger partial charge in [-0.1, -0.05) is 18.2 Å². The SMILES string of the molecule is Cc1cc2c(=O)[nH]c(CN3CC=C(c4ccc(F)cc4)CC3)nc2s1. The molecule has 0 aliphatic carbocycles. The van der Waals surface area contributed by atoms with E-state index >= 15 is 0 Å². The fourth-order valence-electron chi connectivity index (χ4n) is 3.16. The number of nitrogens with zero attached hydrogens (tertiary/aromatic N) is 2. The van der Waals surface area contributed by atoms with Gasteiger partial charge in [0.05, 0.1) is 11.9 Å². The zero-order valence-electron chi connectivity index (χ0n) is 13.9. The van der Waals surface area contributed by atoms with Gasteiger partial charge in [-0.3, -0.25) is 9.69 Å². The van der Waals surface area contributed by atoms with E-state index in [-0.39, 0.29) is 11.4 Å². The Hall–Kier alpha value is -2.31. The topological polar surface area (TPSA) is 49.0 Å². The highest BCUT2D eigenvalue weighted by molar-refractivity contribution is 7.18. The number of nitrogens with one attached hydrogen (secondary N) is 1. The summed E-state index contributed by atoms with van der Waals surface area (Å²) in [6, 6.07) is 8.52. The minimum atomic E-state index is -0.212. The molecule has 2 aromatic heterocycles. The van der Waals surface area contributed by atoms with Crippen LogP contribution in [0.3, 0.4) is 0 Å². The first-order chi connectivity index (χ1) is 12.1. The van der Waals surface area contributed by atoms with Crippen molar-refractivity contribution in [1.82, 2.24) is 14.9 Å². The smallest absolute Gasteiger partial charge is 0.259 e. The molecule has 0 atom stereocenters. The quantitative estimate of drug-likeness (QED) is 0.779. The Labute approximate surface area is 148 Å². The molecule has 25 heavy (non-hydrogen) atoms. The molecular formula is C19H18FN3OS. The first-order valence-electron chi connectivity index (χ1n) is 8.25. The lowest BCUT2D eigenvalue weighted by atomic mass is 9.99. The number of fused-ring (bicyclic) bond motifs is 1. The summed E-state index contributed by atoms with van der Waals surface area (Å²) in [5.74, 6) is 0.494. The van der Waals surface area contributed by atoms with Crippen molar-refractivity contribution < 1.29 is 4.39 Å². The van der Waals surface area contributed by atoms with Crippen LogP contribution in [0.15, 0.2) is 41.2 Å². The number of aromatic nitrogens is 2. The third-order valence-electron chi connectivity index (χ3n) is 4.46. The highest BCUT2D eigenvalue weighted by Crippen LogP contribution is 2.24. The average molecular weight is 355 g/mol. The van der Waals surface area contributed by atoms with Crippen molar-refractivity contribution >= 4 is 27.1 Å². The van der Waals surface area contributed by atoms with E-state index in [1.807, 2.05) is 25.1 Å². The zero-order chi connectivity index (χ0) is 17.4. The number of halogens is 1. The van der Waals surface area contributed by atoms with Gasteiger partial charge in [-0.2, -0.15) is 0 Å². The van der Waals surface area contributed by atoms with E-state index in [1.165, 1.54) is 17.7 Å². The molecule has 3 aromatic rings. The number of hydrogen-bond acceptors (Lipinski definition) is 4. The van der Waals surface area contributed by atoms with Gasteiger partial charge in [0.2, 0.25) is 0 Å². The van der Waals surface area contributed by atoms with E-state index < -0.39 is 0 Å². The molecule has 4 rings (SSSR count). The van der Waals surface area contributed by atoms with Gasteiger partial charge < -0.3 is 4.98 Å².